The second kappa shape index (κ2) is 7.99. The first-order chi connectivity index (χ1) is 20.1. The molecule has 0 saturated carbocycles. The van der Waals surface area contributed by atoms with Crippen molar-refractivity contribution in [3.05, 3.63) is 139 Å². The van der Waals surface area contributed by atoms with E-state index in [2.05, 4.69) is 151 Å². The molecule has 6 aromatic carbocycles. The highest BCUT2D eigenvalue weighted by Gasteiger charge is 2.35. The van der Waals surface area contributed by atoms with E-state index in [0.717, 1.165) is 0 Å². The van der Waals surface area contributed by atoms with Crippen LogP contribution in [0.1, 0.15) is 25.0 Å². The van der Waals surface area contributed by atoms with Gasteiger partial charge in [0.15, 0.2) is 0 Å². The van der Waals surface area contributed by atoms with Gasteiger partial charge in [-0.25, -0.2) is 0 Å². The Morgan fingerprint density at radius 2 is 1.17 bits per heavy atom. The highest BCUT2D eigenvalue weighted by molar-refractivity contribution is 6.13. The highest BCUT2D eigenvalue weighted by atomic mass is 15.0. The summed E-state index contributed by atoms with van der Waals surface area (Å²) in [6.07, 6.45) is 0. The van der Waals surface area contributed by atoms with E-state index in [1.807, 2.05) is 0 Å². The van der Waals surface area contributed by atoms with Gasteiger partial charge in [-0.05, 0) is 88.0 Å². The van der Waals surface area contributed by atoms with Crippen molar-refractivity contribution in [1.82, 2.24) is 9.55 Å². The molecule has 1 aliphatic rings. The zero-order chi connectivity index (χ0) is 27.3. The predicted octanol–water partition coefficient (Wildman–Crippen LogP) is 10.4. The summed E-state index contributed by atoms with van der Waals surface area (Å²) in [5.41, 5.74) is 14.0. The van der Waals surface area contributed by atoms with Crippen molar-refractivity contribution >= 4 is 43.6 Å². The summed E-state index contributed by atoms with van der Waals surface area (Å²) in [5, 5.41) is 5.11. The van der Waals surface area contributed by atoms with E-state index in [1.165, 1.54) is 82.7 Å². The molecule has 41 heavy (non-hydrogen) atoms. The molecule has 0 radical (unpaired) electrons. The van der Waals surface area contributed by atoms with Gasteiger partial charge < -0.3 is 9.55 Å². The number of aromatic amines is 1. The molecule has 0 spiro atoms. The van der Waals surface area contributed by atoms with Gasteiger partial charge in [0.05, 0.1) is 11.0 Å². The molecule has 2 heterocycles. The van der Waals surface area contributed by atoms with E-state index in [0.29, 0.717) is 0 Å². The van der Waals surface area contributed by atoms with Crippen molar-refractivity contribution in [1.29, 1.82) is 0 Å². The number of rotatable bonds is 2. The van der Waals surface area contributed by atoms with Gasteiger partial charge in [-0.3, -0.25) is 0 Å². The molecule has 1 aliphatic carbocycles. The zero-order valence-electron chi connectivity index (χ0n) is 23.1. The molecule has 0 unspecified atom stereocenters. The van der Waals surface area contributed by atoms with Crippen LogP contribution in [0.25, 0.3) is 71.6 Å². The van der Waals surface area contributed by atoms with Crippen LogP contribution < -0.4 is 0 Å². The highest BCUT2D eigenvalue weighted by Crippen LogP contribution is 2.50. The Morgan fingerprint density at radius 3 is 2.05 bits per heavy atom. The third-order valence-corrected chi connectivity index (χ3v) is 9.32. The van der Waals surface area contributed by atoms with Crippen molar-refractivity contribution in [3.63, 3.8) is 0 Å². The monoisotopic (exact) mass is 524 g/mol. The summed E-state index contributed by atoms with van der Waals surface area (Å²) in [4.78, 5) is 3.72. The van der Waals surface area contributed by atoms with Crippen LogP contribution in [0.3, 0.4) is 0 Å². The van der Waals surface area contributed by atoms with Gasteiger partial charge in [-0.1, -0.05) is 86.6 Å². The van der Waals surface area contributed by atoms with E-state index in [1.54, 1.807) is 0 Å². The second-order valence-electron chi connectivity index (χ2n) is 11.9. The van der Waals surface area contributed by atoms with Crippen LogP contribution in [0, 0.1) is 0 Å². The lowest BCUT2D eigenvalue weighted by atomic mass is 9.82. The first-order valence-corrected chi connectivity index (χ1v) is 14.4. The SMILES string of the molecule is CC1(C)c2ccccc2-c2cc3c(cc21)[nH]c1ccc(-c2ccc4c(c2)c2ccccc2n4-c2ccccc2)cc13. The van der Waals surface area contributed by atoms with Gasteiger partial charge in [0.1, 0.15) is 0 Å². The summed E-state index contributed by atoms with van der Waals surface area (Å²) < 4.78 is 2.37. The number of para-hydroxylation sites is 2. The summed E-state index contributed by atoms with van der Waals surface area (Å²) >= 11 is 0. The van der Waals surface area contributed by atoms with Crippen LogP contribution >= 0.6 is 0 Å². The molecule has 8 aromatic rings. The summed E-state index contributed by atoms with van der Waals surface area (Å²) in [5.74, 6) is 0. The summed E-state index contributed by atoms with van der Waals surface area (Å²) in [6.45, 7) is 4.68. The van der Waals surface area contributed by atoms with Gasteiger partial charge in [0, 0.05) is 43.7 Å². The Balaban J connectivity index is 1.25. The van der Waals surface area contributed by atoms with Crippen molar-refractivity contribution in [3.8, 4) is 27.9 Å². The molecule has 0 atom stereocenters. The second-order valence-corrected chi connectivity index (χ2v) is 11.9. The van der Waals surface area contributed by atoms with Gasteiger partial charge in [0.25, 0.3) is 0 Å². The molecule has 0 fully saturated rings. The molecule has 9 rings (SSSR count). The lowest BCUT2D eigenvalue weighted by molar-refractivity contribution is 0.661. The topological polar surface area (TPSA) is 20.7 Å². The van der Waals surface area contributed by atoms with Gasteiger partial charge >= 0.3 is 0 Å². The largest absolute Gasteiger partial charge is 0.355 e. The van der Waals surface area contributed by atoms with Crippen molar-refractivity contribution < 1.29 is 0 Å². The zero-order valence-corrected chi connectivity index (χ0v) is 23.1. The Morgan fingerprint density at radius 1 is 0.488 bits per heavy atom. The van der Waals surface area contributed by atoms with Crippen LogP contribution in [0.15, 0.2) is 127 Å². The lowest BCUT2D eigenvalue weighted by Gasteiger charge is -2.21. The van der Waals surface area contributed by atoms with Crippen LogP contribution in [-0.4, -0.2) is 9.55 Å². The molecular weight excluding hydrogens is 496 g/mol. The molecule has 2 nitrogen and oxygen atoms in total. The minimum absolute atomic E-state index is 0.00306. The quantitative estimate of drug-likeness (QED) is 0.232. The minimum atomic E-state index is -0.00306. The number of benzene rings is 6. The standard InChI is InChI=1S/C39H28N2/c1-39(2)33-14-8-6-12-27(33)29-22-31-30-20-24(16-18-35(30)40-36(31)23-34(29)39)25-17-19-38-32(21-25)28-13-7-9-15-37(28)41(38)26-10-4-3-5-11-26/h3-23,40H,1-2H3. The van der Waals surface area contributed by atoms with Gasteiger partial charge in [-0.2, -0.15) is 0 Å². The Bertz CT molecular complexity index is 2330. The number of hydrogen-bond donors (Lipinski definition) is 1. The number of hydrogen-bond acceptors (Lipinski definition) is 0. The maximum absolute atomic E-state index is 3.72. The van der Waals surface area contributed by atoms with Crippen LogP contribution in [0.2, 0.25) is 0 Å². The first-order valence-electron chi connectivity index (χ1n) is 14.4. The van der Waals surface area contributed by atoms with Crippen LogP contribution in [0.5, 0.6) is 0 Å². The number of nitrogens with zero attached hydrogens (tertiary/aromatic N) is 1. The third kappa shape index (κ3) is 3.08. The van der Waals surface area contributed by atoms with Crippen molar-refractivity contribution in [2.45, 2.75) is 19.3 Å². The van der Waals surface area contributed by atoms with E-state index in [4.69, 9.17) is 0 Å². The van der Waals surface area contributed by atoms with Crippen molar-refractivity contribution in [2.24, 2.45) is 0 Å². The predicted molar refractivity (Wildman–Crippen MR) is 173 cm³/mol. The Kier molecular flexibility index (Phi) is 4.42. The van der Waals surface area contributed by atoms with E-state index >= 15 is 0 Å². The molecule has 194 valence electrons. The molecule has 1 N–H and O–H groups in total. The first kappa shape index (κ1) is 22.7. The van der Waals surface area contributed by atoms with Gasteiger partial charge in [-0.15, -0.1) is 0 Å². The molecule has 0 aliphatic heterocycles. The number of nitrogens with one attached hydrogen (secondary N) is 1. The summed E-state index contributed by atoms with van der Waals surface area (Å²) in [6, 6.07) is 46.8. The number of fused-ring (bicyclic) bond motifs is 9. The molecule has 0 bridgehead atoms. The number of aromatic nitrogens is 2. The molecule has 2 aromatic heterocycles. The number of H-pyrrole nitrogens is 1. The molecule has 2 heteroatoms. The maximum atomic E-state index is 3.72. The minimum Gasteiger partial charge on any atom is -0.355 e. The molecule has 0 amide bonds. The van der Waals surface area contributed by atoms with Gasteiger partial charge in [0.2, 0.25) is 0 Å². The fourth-order valence-corrected chi connectivity index (χ4v) is 7.28. The average molecular weight is 525 g/mol. The smallest absolute Gasteiger partial charge is 0.0541 e. The Hall–Kier alpha value is -5.08. The van der Waals surface area contributed by atoms with Crippen LogP contribution in [0.4, 0.5) is 0 Å². The fraction of sp³-hybridized carbons (Fsp3) is 0.0769. The third-order valence-electron chi connectivity index (χ3n) is 9.32. The molecular formula is C39H28N2. The average Bonchev–Trinajstić information content (AvgIpc) is 3.62. The van der Waals surface area contributed by atoms with Crippen LogP contribution in [-0.2, 0) is 5.41 Å². The summed E-state index contributed by atoms with van der Waals surface area (Å²) in [7, 11) is 0. The van der Waals surface area contributed by atoms with E-state index in [9.17, 15) is 0 Å². The molecule has 0 saturated heterocycles. The van der Waals surface area contributed by atoms with E-state index < -0.39 is 0 Å². The lowest BCUT2D eigenvalue weighted by Crippen LogP contribution is -2.14. The fourth-order valence-electron chi connectivity index (χ4n) is 7.28. The van der Waals surface area contributed by atoms with E-state index in [-0.39, 0.29) is 5.41 Å². The maximum Gasteiger partial charge on any atom is 0.0541 e. The van der Waals surface area contributed by atoms with Crippen molar-refractivity contribution in [2.75, 3.05) is 0 Å². The Labute approximate surface area is 238 Å². The normalized spacial score (nSPS) is 13.8.